The van der Waals surface area contributed by atoms with Crippen LogP contribution in [0.15, 0.2) is 0 Å². The molecule has 4 N–H and O–H groups in total. The van der Waals surface area contributed by atoms with Gasteiger partial charge in [-0.25, -0.2) is 0 Å². The summed E-state index contributed by atoms with van der Waals surface area (Å²) in [5.41, 5.74) is 4.03. The molecule has 1 rings (SSSR count). The molecule has 2 nitrogen and oxygen atoms in total. The zero-order valence-electron chi connectivity index (χ0n) is 5.61. The molecule has 1 heterocycles. The lowest BCUT2D eigenvalue weighted by Gasteiger charge is -2.21. The summed E-state index contributed by atoms with van der Waals surface area (Å²) in [5.74, 6) is 0. The maximum Gasteiger partial charge on any atom is 0.134 e. The van der Waals surface area contributed by atoms with E-state index in [9.17, 15) is 0 Å². The van der Waals surface area contributed by atoms with Crippen LogP contribution in [0.4, 0.5) is 0 Å². The van der Waals surface area contributed by atoms with Crippen LogP contribution in [0.1, 0.15) is 12.8 Å². The second-order valence-electron chi connectivity index (χ2n) is 2.92. The minimum atomic E-state index is 0.726. The maximum atomic E-state index is 4.03. The van der Waals surface area contributed by atoms with Gasteiger partial charge in [0.05, 0.1) is 13.6 Å². The molecule has 0 radical (unpaired) electrons. The molecule has 0 aliphatic carbocycles. The molecule has 8 heavy (non-hydrogen) atoms. The Kier molecular flexibility index (Phi) is 1.86. The van der Waals surface area contributed by atoms with Crippen LogP contribution in [0.3, 0.4) is 0 Å². The van der Waals surface area contributed by atoms with Gasteiger partial charge in [-0.05, 0) is 0 Å². The second kappa shape index (κ2) is 2.46. The number of hydrogen-bond acceptors (Lipinski definition) is 0. The van der Waals surface area contributed by atoms with Crippen molar-refractivity contribution < 1.29 is 10.6 Å². The first-order chi connectivity index (χ1) is 3.79. The Labute approximate surface area is 50.7 Å². The molecule has 0 bridgehead atoms. The van der Waals surface area contributed by atoms with Gasteiger partial charge in [-0.15, -0.1) is 0 Å². The van der Waals surface area contributed by atoms with E-state index in [0.29, 0.717) is 0 Å². The van der Waals surface area contributed by atoms with Crippen LogP contribution in [0.5, 0.6) is 0 Å². The molecule has 2 atom stereocenters. The summed E-state index contributed by atoms with van der Waals surface area (Å²) >= 11 is 0. The standard InChI is InChI=1S/C6H14N2/c1-8-4-2-3-6(7)5-8/h6H,2-5,7H2,1H3/p+2/t6-/m0/s1. The van der Waals surface area contributed by atoms with Crippen molar-refractivity contribution in [3.05, 3.63) is 0 Å². The normalized spacial score (nSPS) is 39.8. The van der Waals surface area contributed by atoms with Gasteiger partial charge < -0.3 is 10.6 Å². The summed E-state index contributed by atoms with van der Waals surface area (Å²) in [6, 6.07) is 0.726. The molecule has 1 aliphatic heterocycles. The number of quaternary nitrogens is 2. The highest BCUT2D eigenvalue weighted by molar-refractivity contribution is 4.54. The number of piperidine rings is 1. The first kappa shape index (κ1) is 6.05. The fraction of sp³-hybridized carbons (Fsp3) is 1.00. The van der Waals surface area contributed by atoms with Gasteiger partial charge in [0, 0.05) is 12.8 Å². The van der Waals surface area contributed by atoms with Crippen molar-refractivity contribution in [3.63, 3.8) is 0 Å². The average Bonchev–Trinajstić information content (AvgIpc) is 1.64. The van der Waals surface area contributed by atoms with E-state index < -0.39 is 0 Å². The molecule has 0 aromatic heterocycles. The Balaban J connectivity index is 2.23. The topological polar surface area (TPSA) is 32.1 Å². The van der Waals surface area contributed by atoms with Gasteiger partial charge >= 0.3 is 0 Å². The molecule has 1 aliphatic rings. The molecule has 0 aromatic rings. The van der Waals surface area contributed by atoms with Crippen molar-refractivity contribution >= 4 is 0 Å². The van der Waals surface area contributed by atoms with Gasteiger partial charge in [0.15, 0.2) is 0 Å². The third-order valence-electron chi connectivity index (χ3n) is 1.85. The highest BCUT2D eigenvalue weighted by atomic mass is 15.1. The zero-order valence-corrected chi connectivity index (χ0v) is 5.61. The van der Waals surface area contributed by atoms with Crippen molar-refractivity contribution in [2.24, 2.45) is 0 Å². The summed E-state index contributed by atoms with van der Waals surface area (Å²) in [7, 11) is 2.25. The second-order valence-corrected chi connectivity index (χ2v) is 2.92. The molecular weight excluding hydrogens is 100 g/mol. The Hall–Kier alpha value is -0.0800. The van der Waals surface area contributed by atoms with Gasteiger partial charge in [0.1, 0.15) is 12.6 Å². The Bertz CT molecular complexity index is 64.9. The molecule has 0 amide bonds. The minimum Gasteiger partial charge on any atom is -0.350 e. The largest absolute Gasteiger partial charge is 0.350 e. The predicted molar refractivity (Wildman–Crippen MR) is 32.5 cm³/mol. The van der Waals surface area contributed by atoms with Crippen LogP contribution < -0.4 is 10.6 Å². The zero-order chi connectivity index (χ0) is 5.98. The van der Waals surface area contributed by atoms with Crippen molar-refractivity contribution in [1.82, 2.24) is 0 Å². The monoisotopic (exact) mass is 116 g/mol. The van der Waals surface area contributed by atoms with Crippen LogP contribution in [-0.2, 0) is 0 Å². The molecule has 0 saturated carbocycles. The molecule has 0 spiro atoms. The Morgan fingerprint density at radius 3 is 2.75 bits per heavy atom. The molecule has 1 unspecified atom stereocenters. The summed E-state index contributed by atoms with van der Waals surface area (Å²) in [6.07, 6.45) is 2.72. The van der Waals surface area contributed by atoms with E-state index in [1.54, 1.807) is 4.90 Å². The fourth-order valence-electron chi connectivity index (χ4n) is 1.39. The summed E-state index contributed by atoms with van der Waals surface area (Å²) in [4.78, 5) is 1.65. The molecule has 1 fully saturated rings. The van der Waals surface area contributed by atoms with Crippen LogP contribution in [-0.4, -0.2) is 26.2 Å². The Morgan fingerprint density at radius 2 is 2.38 bits per heavy atom. The van der Waals surface area contributed by atoms with E-state index in [0.717, 1.165) is 6.04 Å². The summed E-state index contributed by atoms with van der Waals surface area (Å²) in [6.45, 7) is 2.63. The number of likely N-dealkylation sites (tertiary alicyclic amines) is 1. The third-order valence-corrected chi connectivity index (χ3v) is 1.85. The lowest BCUT2D eigenvalue weighted by atomic mass is 10.1. The summed E-state index contributed by atoms with van der Waals surface area (Å²) < 4.78 is 0. The van der Waals surface area contributed by atoms with Crippen LogP contribution in [0.25, 0.3) is 0 Å². The van der Waals surface area contributed by atoms with Gasteiger partial charge in [0.25, 0.3) is 0 Å². The van der Waals surface area contributed by atoms with E-state index >= 15 is 0 Å². The van der Waals surface area contributed by atoms with Gasteiger partial charge in [-0.2, -0.15) is 0 Å². The summed E-state index contributed by atoms with van der Waals surface area (Å²) in [5, 5.41) is 0. The predicted octanol–water partition coefficient (Wildman–Crippen LogP) is -2.09. The average molecular weight is 116 g/mol. The van der Waals surface area contributed by atoms with Gasteiger partial charge in [-0.1, -0.05) is 0 Å². The van der Waals surface area contributed by atoms with Gasteiger partial charge in [0.2, 0.25) is 0 Å². The maximum absolute atomic E-state index is 4.03. The number of nitrogens with one attached hydrogen (secondary N) is 1. The number of hydrogen-bond donors (Lipinski definition) is 2. The Morgan fingerprint density at radius 1 is 1.62 bits per heavy atom. The van der Waals surface area contributed by atoms with Crippen molar-refractivity contribution in [3.8, 4) is 0 Å². The molecule has 0 aromatic carbocycles. The quantitative estimate of drug-likeness (QED) is 0.364. The number of likely N-dealkylation sites (N-methyl/N-ethyl adjacent to an activating group) is 1. The fourth-order valence-corrected chi connectivity index (χ4v) is 1.39. The van der Waals surface area contributed by atoms with Crippen LogP contribution >= 0.6 is 0 Å². The van der Waals surface area contributed by atoms with E-state index in [2.05, 4.69) is 12.8 Å². The highest BCUT2D eigenvalue weighted by Gasteiger charge is 2.18. The van der Waals surface area contributed by atoms with Crippen LogP contribution in [0, 0.1) is 0 Å². The van der Waals surface area contributed by atoms with E-state index in [-0.39, 0.29) is 0 Å². The van der Waals surface area contributed by atoms with Crippen LogP contribution in [0.2, 0.25) is 0 Å². The molecule has 1 saturated heterocycles. The lowest BCUT2D eigenvalue weighted by Crippen LogP contribution is -3.13. The first-order valence-electron chi connectivity index (χ1n) is 3.43. The lowest BCUT2D eigenvalue weighted by molar-refractivity contribution is -0.896. The van der Waals surface area contributed by atoms with E-state index in [4.69, 9.17) is 0 Å². The molecular formula is C6H16N2+2. The minimum absolute atomic E-state index is 0.726. The first-order valence-corrected chi connectivity index (χ1v) is 3.43. The van der Waals surface area contributed by atoms with Crippen molar-refractivity contribution in [1.29, 1.82) is 0 Å². The van der Waals surface area contributed by atoms with E-state index in [1.165, 1.54) is 25.9 Å². The number of rotatable bonds is 0. The van der Waals surface area contributed by atoms with Crippen molar-refractivity contribution in [2.75, 3.05) is 20.1 Å². The third kappa shape index (κ3) is 1.46. The molecule has 48 valence electrons. The molecule has 2 heteroatoms. The van der Waals surface area contributed by atoms with Crippen molar-refractivity contribution in [2.45, 2.75) is 18.9 Å². The van der Waals surface area contributed by atoms with E-state index in [1.807, 2.05) is 0 Å². The SMILES string of the molecule is C[NH+]1CCC[C@H]([NH3+])C1. The smallest absolute Gasteiger partial charge is 0.134 e. The highest BCUT2D eigenvalue weighted by Crippen LogP contribution is 1.90. The van der Waals surface area contributed by atoms with Gasteiger partial charge in [-0.3, -0.25) is 0 Å².